The Morgan fingerprint density at radius 1 is 1.06 bits per heavy atom. The molecule has 0 aromatic heterocycles. The second-order valence-electron chi connectivity index (χ2n) is 9.29. The van der Waals surface area contributed by atoms with Gasteiger partial charge >= 0.3 is 0 Å². The number of amides is 1. The van der Waals surface area contributed by atoms with E-state index in [0.29, 0.717) is 56.6 Å². The molecule has 1 aromatic rings. The minimum Gasteiger partial charge on any atom is -0.490 e. The smallest absolute Gasteiger partial charge is 0.243 e. The van der Waals surface area contributed by atoms with Crippen molar-refractivity contribution in [3.63, 3.8) is 0 Å². The lowest BCUT2D eigenvalue weighted by molar-refractivity contribution is -0.127. The van der Waals surface area contributed by atoms with Gasteiger partial charge in [0.2, 0.25) is 15.9 Å². The van der Waals surface area contributed by atoms with Crippen LogP contribution in [0.2, 0.25) is 0 Å². The van der Waals surface area contributed by atoms with Crippen LogP contribution in [0.1, 0.15) is 64.7 Å². The number of nitrogens with one attached hydrogen (secondary N) is 1. The van der Waals surface area contributed by atoms with E-state index in [0.717, 1.165) is 12.8 Å². The molecule has 1 aromatic carbocycles. The zero-order chi connectivity index (χ0) is 22.6. The van der Waals surface area contributed by atoms with Crippen molar-refractivity contribution < 1.29 is 22.7 Å². The normalized spacial score (nSPS) is 24.8. The molecule has 32 heavy (non-hydrogen) atoms. The first-order valence-electron chi connectivity index (χ1n) is 12.2. The molecule has 2 heterocycles. The maximum Gasteiger partial charge on any atom is 0.243 e. The molecule has 2 aliphatic heterocycles. The van der Waals surface area contributed by atoms with Gasteiger partial charge in [-0.3, -0.25) is 4.79 Å². The number of piperidine rings is 1. The van der Waals surface area contributed by atoms with E-state index in [1.807, 2.05) is 0 Å². The van der Waals surface area contributed by atoms with Gasteiger partial charge in [0, 0.05) is 37.5 Å². The molecule has 1 amide bonds. The first kappa shape index (κ1) is 23.4. The second kappa shape index (κ2) is 10.4. The Morgan fingerprint density at radius 2 is 1.81 bits per heavy atom. The quantitative estimate of drug-likeness (QED) is 0.665. The summed E-state index contributed by atoms with van der Waals surface area (Å²) in [6, 6.07) is 5.10. The minimum atomic E-state index is -3.63. The molecular formula is C24H36N2O5S. The lowest BCUT2D eigenvalue weighted by Crippen LogP contribution is -2.46. The van der Waals surface area contributed by atoms with Gasteiger partial charge in [-0.05, 0) is 50.2 Å². The molecule has 2 atom stereocenters. The summed E-state index contributed by atoms with van der Waals surface area (Å²) >= 11 is 0. The molecule has 0 spiro atoms. The van der Waals surface area contributed by atoms with E-state index in [1.165, 1.54) is 36.4 Å². The van der Waals surface area contributed by atoms with Crippen LogP contribution in [0.15, 0.2) is 23.1 Å². The third kappa shape index (κ3) is 5.22. The maximum absolute atomic E-state index is 13.2. The number of carbonyl (C=O) groups is 1. The molecule has 8 heteroatoms. The third-order valence-electron chi connectivity index (χ3n) is 7.10. The van der Waals surface area contributed by atoms with Gasteiger partial charge in [0.15, 0.2) is 11.5 Å². The first-order chi connectivity index (χ1) is 15.5. The summed E-state index contributed by atoms with van der Waals surface area (Å²) < 4.78 is 39.1. The summed E-state index contributed by atoms with van der Waals surface area (Å²) in [7, 11) is -3.63. The van der Waals surface area contributed by atoms with E-state index in [1.54, 1.807) is 18.2 Å². The number of sulfonamides is 1. The molecule has 1 N–H and O–H groups in total. The van der Waals surface area contributed by atoms with Gasteiger partial charge < -0.3 is 14.8 Å². The monoisotopic (exact) mass is 464 g/mol. The molecular weight excluding hydrogens is 428 g/mol. The van der Waals surface area contributed by atoms with Crippen LogP contribution in [0, 0.1) is 11.8 Å². The summed E-state index contributed by atoms with van der Waals surface area (Å²) in [5, 5.41) is 3.30. The fraction of sp³-hybridized carbons (Fsp3) is 0.708. The van der Waals surface area contributed by atoms with Crippen LogP contribution in [0.5, 0.6) is 11.5 Å². The second-order valence-corrected chi connectivity index (χ2v) is 11.2. The topological polar surface area (TPSA) is 84.9 Å². The van der Waals surface area contributed by atoms with Crippen LogP contribution in [-0.4, -0.2) is 51.0 Å². The third-order valence-corrected chi connectivity index (χ3v) is 8.99. The highest BCUT2D eigenvalue weighted by Gasteiger charge is 2.35. The van der Waals surface area contributed by atoms with E-state index in [9.17, 15) is 13.2 Å². The lowest BCUT2D eigenvalue weighted by Gasteiger charge is -2.32. The summed E-state index contributed by atoms with van der Waals surface area (Å²) in [5.74, 6) is 1.65. The van der Waals surface area contributed by atoms with Crippen LogP contribution in [0.25, 0.3) is 0 Å². The number of hydrogen-bond acceptors (Lipinski definition) is 5. The van der Waals surface area contributed by atoms with Crippen LogP contribution in [0.3, 0.4) is 0 Å². The van der Waals surface area contributed by atoms with Crippen LogP contribution >= 0.6 is 0 Å². The standard InChI is InChI=1S/C24H36N2O5S/c1-2-3-6-18-7-4-8-21(18)25-24(27)19-11-13-26(14-12-19)32(28,29)20-9-10-22-23(17-20)31-16-5-15-30-22/h9-10,17-19,21H,2-8,11-16H2,1H3,(H,25,27). The molecule has 4 rings (SSSR count). The highest BCUT2D eigenvalue weighted by molar-refractivity contribution is 7.89. The van der Waals surface area contributed by atoms with Gasteiger partial charge in [0.1, 0.15) is 0 Å². The van der Waals surface area contributed by atoms with Gasteiger partial charge in [-0.25, -0.2) is 8.42 Å². The summed E-state index contributed by atoms with van der Waals surface area (Å²) in [6.07, 6.45) is 8.94. The van der Waals surface area contributed by atoms with Gasteiger partial charge in [-0.1, -0.05) is 26.2 Å². The molecule has 1 saturated heterocycles. The van der Waals surface area contributed by atoms with E-state index < -0.39 is 10.0 Å². The Bertz CT molecular complexity index is 896. The first-order valence-corrected chi connectivity index (χ1v) is 13.6. The SMILES string of the molecule is CCCCC1CCCC1NC(=O)C1CCN(S(=O)(=O)c2ccc3c(c2)OCCCO3)CC1. The Morgan fingerprint density at radius 3 is 2.56 bits per heavy atom. The van der Waals surface area contributed by atoms with E-state index in [2.05, 4.69) is 12.2 Å². The van der Waals surface area contributed by atoms with Crippen LogP contribution in [0.4, 0.5) is 0 Å². The van der Waals surface area contributed by atoms with Crippen molar-refractivity contribution in [2.45, 2.75) is 75.6 Å². The molecule has 1 saturated carbocycles. The number of rotatable bonds is 7. The van der Waals surface area contributed by atoms with E-state index >= 15 is 0 Å². The Hall–Kier alpha value is -1.80. The molecule has 178 valence electrons. The molecule has 2 fully saturated rings. The van der Waals surface area contributed by atoms with Crippen molar-refractivity contribution in [2.24, 2.45) is 11.8 Å². The Kier molecular flexibility index (Phi) is 7.61. The highest BCUT2D eigenvalue weighted by atomic mass is 32.2. The van der Waals surface area contributed by atoms with E-state index in [4.69, 9.17) is 9.47 Å². The molecule has 0 radical (unpaired) electrons. The van der Waals surface area contributed by atoms with Gasteiger partial charge in [-0.15, -0.1) is 0 Å². The Balaban J connectivity index is 1.34. The van der Waals surface area contributed by atoms with Crippen molar-refractivity contribution in [2.75, 3.05) is 26.3 Å². The largest absolute Gasteiger partial charge is 0.490 e. The minimum absolute atomic E-state index is 0.103. The number of benzene rings is 1. The fourth-order valence-electron chi connectivity index (χ4n) is 5.15. The predicted molar refractivity (Wildman–Crippen MR) is 122 cm³/mol. The molecule has 3 aliphatic rings. The van der Waals surface area contributed by atoms with Crippen LogP contribution in [-0.2, 0) is 14.8 Å². The number of nitrogens with zero attached hydrogens (tertiary/aromatic N) is 1. The number of ether oxygens (including phenoxy) is 2. The van der Waals surface area contributed by atoms with Crippen molar-refractivity contribution in [3.8, 4) is 11.5 Å². The predicted octanol–water partition coefficient (Wildman–Crippen LogP) is 3.72. The summed E-state index contributed by atoms with van der Waals surface area (Å²) in [6.45, 7) is 4.00. The maximum atomic E-state index is 13.2. The number of hydrogen-bond donors (Lipinski definition) is 1. The van der Waals surface area contributed by atoms with E-state index in [-0.39, 0.29) is 22.8 Å². The summed E-state index contributed by atoms with van der Waals surface area (Å²) in [4.78, 5) is 13.1. The molecule has 0 bridgehead atoms. The average Bonchev–Trinajstić information content (AvgIpc) is 3.10. The fourth-order valence-corrected chi connectivity index (χ4v) is 6.64. The van der Waals surface area contributed by atoms with Gasteiger partial charge in [0.05, 0.1) is 18.1 Å². The molecule has 2 unspecified atom stereocenters. The number of unbranched alkanes of at least 4 members (excludes halogenated alkanes) is 1. The zero-order valence-electron chi connectivity index (χ0n) is 19.1. The van der Waals surface area contributed by atoms with Crippen molar-refractivity contribution in [1.82, 2.24) is 9.62 Å². The van der Waals surface area contributed by atoms with Crippen molar-refractivity contribution in [1.29, 1.82) is 0 Å². The number of carbonyl (C=O) groups excluding carboxylic acids is 1. The number of fused-ring (bicyclic) bond motifs is 1. The molecule has 7 nitrogen and oxygen atoms in total. The zero-order valence-corrected chi connectivity index (χ0v) is 19.9. The Labute approximate surface area is 191 Å². The lowest BCUT2D eigenvalue weighted by atomic mass is 9.94. The average molecular weight is 465 g/mol. The summed E-state index contributed by atoms with van der Waals surface area (Å²) in [5.41, 5.74) is 0. The van der Waals surface area contributed by atoms with Crippen LogP contribution < -0.4 is 14.8 Å². The van der Waals surface area contributed by atoms with Crippen molar-refractivity contribution >= 4 is 15.9 Å². The highest BCUT2D eigenvalue weighted by Crippen LogP contribution is 2.34. The van der Waals surface area contributed by atoms with Gasteiger partial charge in [-0.2, -0.15) is 4.31 Å². The molecule has 1 aliphatic carbocycles. The van der Waals surface area contributed by atoms with Gasteiger partial charge in [0.25, 0.3) is 0 Å². The van der Waals surface area contributed by atoms with Crippen molar-refractivity contribution in [3.05, 3.63) is 18.2 Å².